The quantitative estimate of drug-likeness (QED) is 0.688. The molecule has 0 saturated carbocycles. The van der Waals surface area contributed by atoms with Crippen molar-refractivity contribution >= 4 is 28.7 Å². The summed E-state index contributed by atoms with van der Waals surface area (Å²) >= 11 is 6.00. The monoisotopic (exact) mass is 267 g/mol. The van der Waals surface area contributed by atoms with Gasteiger partial charge in [0.05, 0.1) is 5.39 Å². The Kier molecular flexibility index (Phi) is 3.02. The molecule has 6 heteroatoms. The molecule has 0 aliphatic rings. The summed E-state index contributed by atoms with van der Waals surface area (Å²) in [5.41, 5.74) is -0.0961. The third kappa shape index (κ3) is 2.46. The summed E-state index contributed by atoms with van der Waals surface area (Å²) in [5, 5.41) is 0.966. The van der Waals surface area contributed by atoms with Crippen molar-refractivity contribution in [3.63, 3.8) is 0 Å². The lowest BCUT2D eigenvalue weighted by atomic mass is 10.2. The van der Waals surface area contributed by atoms with Gasteiger partial charge in [0.1, 0.15) is 16.6 Å². The van der Waals surface area contributed by atoms with E-state index in [4.69, 9.17) is 16.3 Å². The molecule has 0 fully saturated rings. The molecule has 0 aliphatic carbocycles. The molecule has 2 heterocycles. The molecule has 2 rings (SSSR count). The maximum absolute atomic E-state index is 12.0. The largest absolute Gasteiger partial charge is 0.443 e. The molecule has 0 saturated heterocycles. The Bertz CT molecular complexity index is 614. The van der Waals surface area contributed by atoms with Crippen LogP contribution in [0.2, 0.25) is 5.15 Å². The van der Waals surface area contributed by atoms with Gasteiger partial charge in [0, 0.05) is 6.20 Å². The normalized spacial score (nSPS) is 11.8. The van der Waals surface area contributed by atoms with E-state index in [2.05, 4.69) is 9.97 Å². The fraction of sp³-hybridized carbons (Fsp3) is 0.417. The van der Waals surface area contributed by atoms with Crippen LogP contribution < -0.4 is 0 Å². The predicted octanol–water partition coefficient (Wildman–Crippen LogP) is 3.18. The summed E-state index contributed by atoms with van der Waals surface area (Å²) in [4.78, 5) is 20.2. The maximum Gasteiger partial charge on any atom is 0.420 e. The second-order valence-electron chi connectivity index (χ2n) is 4.96. The molecule has 18 heavy (non-hydrogen) atoms. The topological polar surface area (TPSA) is 57.0 Å². The van der Waals surface area contributed by atoms with E-state index in [0.717, 1.165) is 0 Å². The van der Waals surface area contributed by atoms with Gasteiger partial charge in [-0.2, -0.15) is 0 Å². The van der Waals surface area contributed by atoms with E-state index in [1.54, 1.807) is 19.2 Å². The zero-order valence-electron chi connectivity index (χ0n) is 10.7. The number of rotatable bonds is 0. The Morgan fingerprint density at radius 3 is 2.67 bits per heavy atom. The predicted molar refractivity (Wildman–Crippen MR) is 68.9 cm³/mol. The summed E-state index contributed by atoms with van der Waals surface area (Å²) < 4.78 is 6.62. The first-order valence-corrected chi connectivity index (χ1v) is 5.90. The fourth-order valence-corrected chi connectivity index (χ4v) is 1.81. The smallest absolute Gasteiger partial charge is 0.420 e. The number of hydrogen-bond acceptors (Lipinski definition) is 4. The van der Waals surface area contributed by atoms with E-state index in [1.807, 2.05) is 20.8 Å². The van der Waals surface area contributed by atoms with Gasteiger partial charge in [-0.25, -0.2) is 19.3 Å². The number of aryl methyl sites for hydroxylation is 1. The fourth-order valence-electron chi connectivity index (χ4n) is 1.54. The Hall–Kier alpha value is -1.62. The lowest BCUT2D eigenvalue weighted by Gasteiger charge is -2.19. The van der Waals surface area contributed by atoms with Crippen LogP contribution in [0.3, 0.4) is 0 Å². The van der Waals surface area contributed by atoms with Crippen molar-refractivity contribution in [3.05, 3.63) is 23.2 Å². The highest BCUT2D eigenvalue weighted by Crippen LogP contribution is 2.22. The standard InChI is InChI=1S/C12H14ClN3O2/c1-7-14-9(13)8-5-6-16(10(8)15-7)11(17)18-12(2,3)4/h5-6H,1-4H3. The Morgan fingerprint density at radius 2 is 2.06 bits per heavy atom. The van der Waals surface area contributed by atoms with Gasteiger partial charge in [-0.05, 0) is 33.8 Å². The van der Waals surface area contributed by atoms with Gasteiger partial charge in [0.2, 0.25) is 0 Å². The molecule has 0 aromatic carbocycles. The van der Waals surface area contributed by atoms with Gasteiger partial charge in [-0.15, -0.1) is 0 Å². The molecule has 0 amide bonds. The number of nitrogens with zero attached hydrogens (tertiary/aromatic N) is 3. The average Bonchev–Trinajstić information content (AvgIpc) is 2.58. The van der Waals surface area contributed by atoms with E-state index >= 15 is 0 Å². The van der Waals surface area contributed by atoms with Crippen LogP contribution in [0.4, 0.5) is 4.79 Å². The van der Waals surface area contributed by atoms with Crippen molar-refractivity contribution in [1.82, 2.24) is 14.5 Å². The Morgan fingerprint density at radius 1 is 1.39 bits per heavy atom. The highest BCUT2D eigenvalue weighted by Gasteiger charge is 2.20. The van der Waals surface area contributed by atoms with Gasteiger partial charge in [0.15, 0.2) is 5.65 Å². The number of ether oxygens (including phenoxy) is 1. The minimum Gasteiger partial charge on any atom is -0.443 e. The van der Waals surface area contributed by atoms with Crippen molar-refractivity contribution in [2.24, 2.45) is 0 Å². The van der Waals surface area contributed by atoms with Crippen molar-refractivity contribution in [1.29, 1.82) is 0 Å². The molecule has 0 atom stereocenters. The highest BCUT2D eigenvalue weighted by atomic mass is 35.5. The number of hydrogen-bond donors (Lipinski definition) is 0. The molecule has 96 valence electrons. The summed E-state index contributed by atoms with van der Waals surface area (Å²) in [6, 6.07) is 1.70. The van der Waals surface area contributed by atoms with Crippen LogP contribution in [0.15, 0.2) is 12.3 Å². The molecular formula is C12H14ClN3O2. The first-order valence-electron chi connectivity index (χ1n) is 5.52. The van der Waals surface area contributed by atoms with E-state index < -0.39 is 11.7 Å². The minimum atomic E-state index is -0.556. The van der Waals surface area contributed by atoms with Crippen LogP contribution in [-0.2, 0) is 4.74 Å². The van der Waals surface area contributed by atoms with Crippen LogP contribution >= 0.6 is 11.6 Å². The van der Waals surface area contributed by atoms with Crippen LogP contribution in [-0.4, -0.2) is 26.2 Å². The van der Waals surface area contributed by atoms with E-state index in [9.17, 15) is 4.79 Å². The van der Waals surface area contributed by atoms with E-state index in [0.29, 0.717) is 22.0 Å². The van der Waals surface area contributed by atoms with Gasteiger partial charge in [0.25, 0.3) is 0 Å². The molecule has 0 unspecified atom stereocenters. The first kappa shape index (κ1) is 12.8. The molecular weight excluding hydrogens is 254 g/mol. The molecule has 5 nitrogen and oxygen atoms in total. The van der Waals surface area contributed by atoms with Crippen molar-refractivity contribution < 1.29 is 9.53 Å². The summed E-state index contributed by atoms with van der Waals surface area (Å²) in [6.07, 6.45) is 1.10. The molecule has 0 aliphatic heterocycles. The van der Waals surface area contributed by atoms with E-state index in [-0.39, 0.29) is 0 Å². The van der Waals surface area contributed by atoms with Crippen molar-refractivity contribution in [2.75, 3.05) is 0 Å². The molecule has 0 bridgehead atoms. The Labute approximate surface area is 110 Å². The number of fused-ring (bicyclic) bond motifs is 1. The van der Waals surface area contributed by atoms with Gasteiger partial charge in [-0.1, -0.05) is 11.6 Å². The maximum atomic E-state index is 12.0. The SMILES string of the molecule is Cc1nc(Cl)c2ccn(C(=O)OC(C)(C)C)c2n1. The average molecular weight is 268 g/mol. The second-order valence-corrected chi connectivity index (χ2v) is 5.32. The number of halogens is 1. The number of carbonyl (C=O) groups excluding carboxylic acids is 1. The lowest BCUT2D eigenvalue weighted by Crippen LogP contribution is -2.26. The molecule has 0 spiro atoms. The lowest BCUT2D eigenvalue weighted by molar-refractivity contribution is 0.0543. The van der Waals surface area contributed by atoms with Gasteiger partial charge < -0.3 is 4.74 Å². The van der Waals surface area contributed by atoms with Crippen LogP contribution in [0.1, 0.15) is 26.6 Å². The van der Waals surface area contributed by atoms with Gasteiger partial charge >= 0.3 is 6.09 Å². The van der Waals surface area contributed by atoms with Crippen LogP contribution in [0.25, 0.3) is 11.0 Å². The molecule has 2 aromatic rings. The van der Waals surface area contributed by atoms with E-state index in [1.165, 1.54) is 4.57 Å². The third-order valence-corrected chi connectivity index (χ3v) is 2.49. The molecule has 0 radical (unpaired) electrons. The van der Waals surface area contributed by atoms with Crippen molar-refractivity contribution in [3.8, 4) is 0 Å². The molecule has 2 aromatic heterocycles. The summed E-state index contributed by atoms with van der Waals surface area (Å²) in [6.45, 7) is 7.15. The summed E-state index contributed by atoms with van der Waals surface area (Å²) in [5.74, 6) is 0.510. The third-order valence-electron chi connectivity index (χ3n) is 2.20. The van der Waals surface area contributed by atoms with Crippen LogP contribution in [0.5, 0.6) is 0 Å². The summed E-state index contributed by atoms with van der Waals surface area (Å²) in [7, 11) is 0. The van der Waals surface area contributed by atoms with Crippen LogP contribution in [0, 0.1) is 6.92 Å². The number of carbonyl (C=O) groups is 1. The minimum absolute atomic E-state index is 0.333. The first-order chi connectivity index (χ1) is 8.28. The zero-order chi connectivity index (χ0) is 13.5. The zero-order valence-corrected chi connectivity index (χ0v) is 11.4. The van der Waals surface area contributed by atoms with Crippen molar-refractivity contribution in [2.45, 2.75) is 33.3 Å². The molecule has 0 N–H and O–H groups in total. The highest BCUT2D eigenvalue weighted by molar-refractivity contribution is 6.34. The second kappa shape index (κ2) is 4.24. The number of aromatic nitrogens is 3. The van der Waals surface area contributed by atoms with Gasteiger partial charge in [-0.3, -0.25) is 0 Å². The Balaban J connectivity index is 2.49.